The van der Waals surface area contributed by atoms with Crippen LogP contribution in [0, 0.1) is 0 Å². The monoisotopic (exact) mass is 297 g/mol. The van der Waals surface area contributed by atoms with E-state index < -0.39 is 5.97 Å². The molecular formula is C13H19N3O3S. The molecule has 1 saturated heterocycles. The van der Waals surface area contributed by atoms with Gasteiger partial charge in [0.1, 0.15) is 5.00 Å². The molecule has 0 aliphatic carbocycles. The van der Waals surface area contributed by atoms with Crippen LogP contribution >= 0.6 is 11.3 Å². The summed E-state index contributed by atoms with van der Waals surface area (Å²) in [6.45, 7) is 4.27. The minimum Gasteiger partial charge on any atom is -0.478 e. The van der Waals surface area contributed by atoms with Gasteiger partial charge < -0.3 is 10.0 Å². The molecule has 1 aromatic rings. The third kappa shape index (κ3) is 3.10. The molecule has 0 bridgehead atoms. The molecular weight excluding hydrogens is 278 g/mol. The molecule has 2 heterocycles. The van der Waals surface area contributed by atoms with Crippen LogP contribution in [0.5, 0.6) is 0 Å². The minimum atomic E-state index is -1.02. The fraction of sp³-hybridized carbons (Fsp3) is 0.538. The highest BCUT2D eigenvalue weighted by molar-refractivity contribution is 7.14. The smallest absolute Gasteiger partial charge is 0.338 e. The van der Waals surface area contributed by atoms with E-state index in [1.807, 2.05) is 0 Å². The third-order valence-electron chi connectivity index (χ3n) is 3.65. The molecule has 20 heavy (non-hydrogen) atoms. The van der Waals surface area contributed by atoms with Gasteiger partial charge in [0.2, 0.25) is 0 Å². The molecule has 6 nitrogen and oxygen atoms in total. The number of carboxylic acid groups (broad SMARTS) is 1. The number of piperazine rings is 1. The van der Waals surface area contributed by atoms with Crippen molar-refractivity contribution in [3.8, 4) is 0 Å². The zero-order valence-corrected chi connectivity index (χ0v) is 12.4. The summed E-state index contributed by atoms with van der Waals surface area (Å²) in [5, 5.41) is 13.8. The van der Waals surface area contributed by atoms with E-state index >= 15 is 0 Å². The number of anilines is 1. The molecule has 110 valence electrons. The van der Waals surface area contributed by atoms with E-state index in [1.165, 1.54) is 17.4 Å². The predicted octanol–water partition coefficient (Wildman–Crippen LogP) is 2.00. The van der Waals surface area contributed by atoms with Crippen molar-refractivity contribution in [3.05, 3.63) is 17.0 Å². The zero-order valence-electron chi connectivity index (χ0n) is 11.6. The Morgan fingerprint density at radius 2 is 2.25 bits per heavy atom. The standard InChI is InChI=1S/C13H19N3O3S/c1-3-9-8-16(6-5-15(9)2)13(19)14-11-10(12(17)18)4-7-20-11/h4,7,9H,3,5-6,8H2,1-2H3,(H,14,19)(H,17,18). The molecule has 1 aliphatic heterocycles. The molecule has 0 saturated carbocycles. The number of nitrogens with one attached hydrogen (secondary N) is 1. The first-order chi connectivity index (χ1) is 9.52. The summed E-state index contributed by atoms with van der Waals surface area (Å²) in [6, 6.07) is 1.64. The molecule has 0 radical (unpaired) electrons. The number of likely N-dealkylation sites (N-methyl/N-ethyl adjacent to an activating group) is 1. The average Bonchev–Trinajstić information content (AvgIpc) is 2.87. The molecule has 2 N–H and O–H groups in total. The Morgan fingerprint density at radius 3 is 2.90 bits per heavy atom. The van der Waals surface area contributed by atoms with Crippen LogP contribution < -0.4 is 5.32 Å². The number of urea groups is 1. The maximum absolute atomic E-state index is 12.2. The number of hydrogen-bond acceptors (Lipinski definition) is 4. The average molecular weight is 297 g/mol. The fourth-order valence-electron chi connectivity index (χ4n) is 2.32. The summed E-state index contributed by atoms with van der Waals surface area (Å²) in [5.41, 5.74) is 0.143. The number of thiophene rings is 1. The number of hydrogen-bond donors (Lipinski definition) is 2. The summed E-state index contributed by atoms with van der Waals surface area (Å²) in [6.07, 6.45) is 0.986. The highest BCUT2D eigenvalue weighted by atomic mass is 32.1. The molecule has 1 aromatic heterocycles. The number of carbonyl (C=O) groups is 2. The lowest BCUT2D eigenvalue weighted by atomic mass is 10.1. The Bertz CT molecular complexity index is 503. The highest BCUT2D eigenvalue weighted by Gasteiger charge is 2.27. The third-order valence-corrected chi connectivity index (χ3v) is 4.48. The minimum absolute atomic E-state index is 0.143. The molecule has 7 heteroatoms. The Balaban J connectivity index is 2.01. The quantitative estimate of drug-likeness (QED) is 0.895. The Kier molecular flexibility index (Phi) is 4.61. The second-order valence-electron chi connectivity index (χ2n) is 4.89. The fourth-order valence-corrected chi connectivity index (χ4v) is 3.09. The van der Waals surface area contributed by atoms with Gasteiger partial charge in [0.15, 0.2) is 0 Å². The Morgan fingerprint density at radius 1 is 1.50 bits per heavy atom. The van der Waals surface area contributed by atoms with Crippen LogP contribution in [-0.4, -0.2) is 59.6 Å². The van der Waals surface area contributed by atoms with E-state index in [1.54, 1.807) is 10.3 Å². The lowest BCUT2D eigenvalue weighted by molar-refractivity contribution is 0.0698. The van der Waals surface area contributed by atoms with Gasteiger partial charge in [-0.1, -0.05) is 6.92 Å². The van der Waals surface area contributed by atoms with Crippen molar-refractivity contribution in [2.75, 3.05) is 32.0 Å². The van der Waals surface area contributed by atoms with Crippen molar-refractivity contribution < 1.29 is 14.7 Å². The van der Waals surface area contributed by atoms with Gasteiger partial charge in [0.05, 0.1) is 5.56 Å². The summed E-state index contributed by atoms with van der Waals surface area (Å²) in [4.78, 5) is 27.2. The molecule has 1 atom stereocenters. The first kappa shape index (κ1) is 14.8. The van der Waals surface area contributed by atoms with E-state index in [9.17, 15) is 9.59 Å². The molecule has 1 unspecified atom stereocenters. The molecule has 2 amide bonds. The van der Waals surface area contributed by atoms with Crippen LogP contribution in [0.15, 0.2) is 11.4 Å². The first-order valence-electron chi connectivity index (χ1n) is 6.59. The van der Waals surface area contributed by atoms with Crippen LogP contribution in [0.3, 0.4) is 0 Å². The van der Waals surface area contributed by atoms with Crippen molar-refractivity contribution in [2.45, 2.75) is 19.4 Å². The largest absolute Gasteiger partial charge is 0.478 e. The van der Waals surface area contributed by atoms with Crippen molar-refractivity contribution in [3.63, 3.8) is 0 Å². The van der Waals surface area contributed by atoms with Gasteiger partial charge >= 0.3 is 12.0 Å². The zero-order chi connectivity index (χ0) is 14.7. The van der Waals surface area contributed by atoms with E-state index in [0.29, 0.717) is 24.1 Å². The number of amides is 2. The van der Waals surface area contributed by atoms with Gasteiger partial charge in [-0.15, -0.1) is 11.3 Å². The second-order valence-corrected chi connectivity index (χ2v) is 5.80. The van der Waals surface area contributed by atoms with E-state index in [-0.39, 0.29) is 11.6 Å². The normalized spacial score (nSPS) is 19.9. The summed E-state index contributed by atoms with van der Waals surface area (Å²) < 4.78 is 0. The van der Waals surface area contributed by atoms with Crippen LogP contribution in [0.2, 0.25) is 0 Å². The van der Waals surface area contributed by atoms with Gasteiger partial charge in [0.25, 0.3) is 0 Å². The van der Waals surface area contributed by atoms with Crippen LogP contribution in [0.4, 0.5) is 9.80 Å². The maximum atomic E-state index is 12.2. The van der Waals surface area contributed by atoms with Crippen LogP contribution in [0.25, 0.3) is 0 Å². The second kappa shape index (κ2) is 6.23. The topological polar surface area (TPSA) is 72.9 Å². The first-order valence-corrected chi connectivity index (χ1v) is 7.47. The number of rotatable bonds is 3. The predicted molar refractivity (Wildman–Crippen MR) is 78.6 cm³/mol. The Hall–Kier alpha value is -1.60. The van der Waals surface area contributed by atoms with Gasteiger partial charge in [-0.3, -0.25) is 10.2 Å². The number of aromatic carboxylic acids is 1. The van der Waals surface area contributed by atoms with Crippen molar-refractivity contribution in [1.82, 2.24) is 9.80 Å². The lowest BCUT2D eigenvalue weighted by Crippen LogP contribution is -2.54. The molecule has 1 aliphatic rings. The van der Waals surface area contributed by atoms with E-state index in [4.69, 9.17) is 5.11 Å². The number of nitrogens with zero attached hydrogens (tertiary/aromatic N) is 2. The highest BCUT2D eigenvalue weighted by Crippen LogP contribution is 2.24. The maximum Gasteiger partial charge on any atom is 0.338 e. The van der Waals surface area contributed by atoms with Crippen molar-refractivity contribution in [1.29, 1.82) is 0 Å². The SMILES string of the molecule is CCC1CN(C(=O)Nc2sccc2C(=O)O)CCN1C. The van der Waals surface area contributed by atoms with E-state index in [2.05, 4.69) is 24.2 Å². The lowest BCUT2D eigenvalue weighted by Gasteiger charge is -2.38. The van der Waals surface area contributed by atoms with Gasteiger partial charge in [-0.25, -0.2) is 9.59 Å². The van der Waals surface area contributed by atoms with Gasteiger partial charge in [0, 0.05) is 25.7 Å². The summed E-state index contributed by atoms with van der Waals surface area (Å²) in [5.74, 6) is -1.02. The number of carbonyl (C=O) groups excluding carboxylic acids is 1. The molecule has 1 fully saturated rings. The summed E-state index contributed by atoms with van der Waals surface area (Å²) >= 11 is 1.23. The van der Waals surface area contributed by atoms with Gasteiger partial charge in [-0.2, -0.15) is 0 Å². The molecule has 0 aromatic carbocycles. The van der Waals surface area contributed by atoms with Gasteiger partial charge in [-0.05, 0) is 24.9 Å². The van der Waals surface area contributed by atoms with Crippen molar-refractivity contribution >= 4 is 28.3 Å². The van der Waals surface area contributed by atoms with Crippen molar-refractivity contribution in [2.24, 2.45) is 0 Å². The van der Waals surface area contributed by atoms with Crippen LogP contribution in [-0.2, 0) is 0 Å². The summed E-state index contributed by atoms with van der Waals surface area (Å²) in [7, 11) is 2.06. The number of carboxylic acids is 1. The molecule has 2 rings (SSSR count). The Labute approximate surface area is 122 Å². The van der Waals surface area contributed by atoms with Crippen LogP contribution in [0.1, 0.15) is 23.7 Å². The molecule has 0 spiro atoms. The van der Waals surface area contributed by atoms with E-state index in [0.717, 1.165) is 13.0 Å².